The van der Waals surface area contributed by atoms with Crippen LogP contribution in [0.4, 0.5) is 4.79 Å². The van der Waals surface area contributed by atoms with Gasteiger partial charge < -0.3 is 10.1 Å². The normalized spacial score (nSPS) is 20.2. The number of aryl methyl sites for hydroxylation is 1. The van der Waals surface area contributed by atoms with E-state index in [2.05, 4.69) is 34.7 Å². The first-order chi connectivity index (χ1) is 10.8. The van der Waals surface area contributed by atoms with Crippen LogP contribution in [-0.2, 0) is 11.8 Å². The minimum Gasteiger partial charge on any atom is -0.444 e. The Kier molecular flexibility index (Phi) is 3.88. The van der Waals surface area contributed by atoms with Crippen LogP contribution in [0.2, 0.25) is 0 Å². The Morgan fingerprint density at radius 1 is 1.26 bits per heavy atom. The van der Waals surface area contributed by atoms with Crippen molar-refractivity contribution in [3.8, 4) is 11.3 Å². The van der Waals surface area contributed by atoms with Crippen LogP contribution >= 0.6 is 0 Å². The lowest BCUT2D eigenvalue weighted by atomic mass is 10.1. The van der Waals surface area contributed by atoms with Gasteiger partial charge in [0.05, 0.1) is 5.69 Å². The van der Waals surface area contributed by atoms with Gasteiger partial charge in [0.25, 0.3) is 0 Å². The van der Waals surface area contributed by atoms with Crippen LogP contribution in [0.5, 0.6) is 0 Å². The van der Waals surface area contributed by atoms with E-state index in [1.54, 1.807) is 4.68 Å². The van der Waals surface area contributed by atoms with E-state index < -0.39 is 5.60 Å². The predicted octanol–water partition coefficient (Wildman–Crippen LogP) is 3.47. The fourth-order valence-corrected chi connectivity index (χ4v) is 2.65. The number of nitrogens with one attached hydrogen (secondary N) is 1. The molecular weight excluding hydrogens is 290 g/mol. The Labute approximate surface area is 136 Å². The zero-order valence-corrected chi connectivity index (χ0v) is 14.0. The van der Waals surface area contributed by atoms with Crippen LogP contribution in [0.3, 0.4) is 0 Å². The molecule has 0 radical (unpaired) electrons. The molecule has 1 amide bonds. The van der Waals surface area contributed by atoms with Crippen LogP contribution in [0.1, 0.15) is 38.7 Å². The molecule has 23 heavy (non-hydrogen) atoms. The van der Waals surface area contributed by atoms with Crippen molar-refractivity contribution in [1.29, 1.82) is 0 Å². The van der Waals surface area contributed by atoms with Crippen LogP contribution in [0.15, 0.2) is 36.5 Å². The molecule has 1 saturated carbocycles. The quantitative estimate of drug-likeness (QED) is 0.944. The molecule has 0 spiro atoms. The number of carbonyl (C=O) groups is 1. The van der Waals surface area contributed by atoms with E-state index in [4.69, 9.17) is 4.74 Å². The number of ether oxygens (including phenoxy) is 1. The van der Waals surface area contributed by atoms with Gasteiger partial charge in [-0.25, -0.2) is 4.79 Å². The third-order valence-electron chi connectivity index (χ3n) is 3.84. The molecule has 5 nitrogen and oxygen atoms in total. The average Bonchev–Trinajstić information content (AvgIpc) is 3.07. The molecule has 2 atom stereocenters. The van der Waals surface area contributed by atoms with Crippen molar-refractivity contribution in [1.82, 2.24) is 15.1 Å². The van der Waals surface area contributed by atoms with Crippen molar-refractivity contribution in [2.24, 2.45) is 7.05 Å². The lowest BCUT2D eigenvalue weighted by molar-refractivity contribution is 0.0523. The van der Waals surface area contributed by atoms with Crippen LogP contribution in [-0.4, -0.2) is 27.5 Å². The van der Waals surface area contributed by atoms with Crippen molar-refractivity contribution in [2.75, 3.05) is 0 Å². The van der Waals surface area contributed by atoms with Crippen LogP contribution in [0, 0.1) is 0 Å². The van der Waals surface area contributed by atoms with E-state index in [1.165, 1.54) is 5.56 Å². The molecule has 0 saturated heterocycles. The first-order valence-electron chi connectivity index (χ1n) is 7.91. The second-order valence-corrected chi connectivity index (χ2v) is 7.09. The highest BCUT2D eigenvalue weighted by atomic mass is 16.6. The van der Waals surface area contributed by atoms with E-state index >= 15 is 0 Å². The summed E-state index contributed by atoms with van der Waals surface area (Å²) >= 11 is 0. The summed E-state index contributed by atoms with van der Waals surface area (Å²) in [5, 5.41) is 7.33. The van der Waals surface area contributed by atoms with Gasteiger partial charge in [-0.1, -0.05) is 24.3 Å². The van der Waals surface area contributed by atoms with Gasteiger partial charge in [-0.3, -0.25) is 4.68 Å². The Morgan fingerprint density at radius 2 is 1.96 bits per heavy atom. The Hall–Kier alpha value is -2.30. The SMILES string of the molecule is Cn1ccc(-c2ccc(C3CC3NC(=O)OC(C)(C)C)cc2)n1. The number of rotatable bonds is 3. The number of hydrogen-bond donors (Lipinski definition) is 1. The second-order valence-electron chi connectivity index (χ2n) is 7.09. The van der Waals surface area contributed by atoms with Crippen LogP contribution < -0.4 is 5.32 Å². The highest BCUT2D eigenvalue weighted by molar-refractivity contribution is 5.69. The van der Waals surface area contributed by atoms with Crippen molar-refractivity contribution < 1.29 is 9.53 Å². The third kappa shape index (κ3) is 3.92. The van der Waals surface area contributed by atoms with Gasteiger partial charge in [0.1, 0.15) is 5.60 Å². The lowest BCUT2D eigenvalue weighted by Crippen LogP contribution is -2.34. The largest absolute Gasteiger partial charge is 0.444 e. The second kappa shape index (κ2) is 5.72. The van der Waals surface area contributed by atoms with E-state index in [0.717, 1.165) is 17.7 Å². The molecular formula is C18H23N3O2. The summed E-state index contributed by atoms with van der Waals surface area (Å²) < 4.78 is 7.09. The summed E-state index contributed by atoms with van der Waals surface area (Å²) in [6.45, 7) is 5.61. The van der Waals surface area contributed by atoms with Gasteiger partial charge in [0.2, 0.25) is 0 Å². The summed E-state index contributed by atoms with van der Waals surface area (Å²) in [4.78, 5) is 11.8. The number of nitrogens with zero attached hydrogens (tertiary/aromatic N) is 2. The van der Waals surface area contributed by atoms with Gasteiger partial charge in [-0.05, 0) is 38.8 Å². The topological polar surface area (TPSA) is 56.2 Å². The summed E-state index contributed by atoms with van der Waals surface area (Å²) in [6.07, 6.45) is 2.56. The van der Waals surface area contributed by atoms with E-state index in [9.17, 15) is 4.79 Å². The number of benzene rings is 1. The number of alkyl carbamates (subject to hydrolysis) is 1. The molecule has 2 aromatic rings. The predicted molar refractivity (Wildman–Crippen MR) is 89.2 cm³/mol. The molecule has 1 aromatic heterocycles. The zero-order chi connectivity index (χ0) is 16.6. The number of hydrogen-bond acceptors (Lipinski definition) is 3. The van der Waals surface area contributed by atoms with Gasteiger partial charge >= 0.3 is 6.09 Å². The number of aromatic nitrogens is 2. The van der Waals surface area contributed by atoms with E-state index in [-0.39, 0.29) is 12.1 Å². The Balaban J connectivity index is 1.58. The molecule has 122 valence electrons. The molecule has 1 aliphatic rings. The molecule has 1 N–H and O–H groups in total. The van der Waals surface area contributed by atoms with E-state index in [0.29, 0.717) is 5.92 Å². The smallest absolute Gasteiger partial charge is 0.407 e. The molecule has 1 fully saturated rings. The highest BCUT2D eigenvalue weighted by Crippen LogP contribution is 2.41. The first-order valence-corrected chi connectivity index (χ1v) is 7.91. The fourth-order valence-electron chi connectivity index (χ4n) is 2.65. The molecule has 1 aliphatic carbocycles. The number of amides is 1. The Morgan fingerprint density at radius 3 is 2.52 bits per heavy atom. The zero-order valence-electron chi connectivity index (χ0n) is 14.0. The molecule has 5 heteroatoms. The first kappa shape index (κ1) is 15.6. The summed E-state index contributed by atoms with van der Waals surface area (Å²) in [7, 11) is 1.91. The van der Waals surface area contributed by atoms with Gasteiger partial charge in [-0.2, -0.15) is 5.10 Å². The van der Waals surface area contributed by atoms with Crippen molar-refractivity contribution >= 4 is 6.09 Å². The molecule has 1 heterocycles. The molecule has 1 aromatic carbocycles. The maximum Gasteiger partial charge on any atom is 0.407 e. The van der Waals surface area contributed by atoms with Crippen LogP contribution in [0.25, 0.3) is 11.3 Å². The molecule has 0 aliphatic heterocycles. The van der Waals surface area contributed by atoms with Crippen molar-refractivity contribution in [3.05, 3.63) is 42.1 Å². The van der Waals surface area contributed by atoms with Crippen molar-refractivity contribution in [3.63, 3.8) is 0 Å². The molecule has 3 rings (SSSR count). The van der Waals surface area contributed by atoms with Crippen molar-refractivity contribution in [2.45, 2.75) is 44.8 Å². The molecule has 2 unspecified atom stereocenters. The van der Waals surface area contributed by atoms with Gasteiger partial charge in [0, 0.05) is 30.8 Å². The molecule has 0 bridgehead atoms. The maximum atomic E-state index is 11.8. The standard InChI is InChI=1S/C18H23N3O2/c1-18(2,3)23-17(22)19-16-11-14(16)12-5-7-13(8-6-12)15-9-10-21(4)20-15/h5-10,14,16H,11H2,1-4H3,(H,19,22). The summed E-state index contributed by atoms with van der Waals surface area (Å²) in [5.41, 5.74) is 2.86. The lowest BCUT2D eigenvalue weighted by Gasteiger charge is -2.19. The minimum atomic E-state index is -0.460. The van der Waals surface area contributed by atoms with E-state index in [1.807, 2.05) is 40.1 Å². The average molecular weight is 313 g/mol. The summed E-state index contributed by atoms with van der Waals surface area (Å²) in [5.74, 6) is 0.375. The summed E-state index contributed by atoms with van der Waals surface area (Å²) in [6, 6.07) is 10.6. The monoisotopic (exact) mass is 313 g/mol. The number of carbonyl (C=O) groups excluding carboxylic acids is 1. The highest BCUT2D eigenvalue weighted by Gasteiger charge is 2.40. The Bertz CT molecular complexity index is 698. The fraction of sp³-hybridized carbons (Fsp3) is 0.444. The third-order valence-corrected chi connectivity index (χ3v) is 3.84. The minimum absolute atomic E-state index is 0.172. The van der Waals surface area contributed by atoms with Gasteiger partial charge in [0.15, 0.2) is 0 Å². The van der Waals surface area contributed by atoms with Gasteiger partial charge in [-0.15, -0.1) is 0 Å². The maximum absolute atomic E-state index is 11.8.